The minimum atomic E-state index is -0.569. The summed E-state index contributed by atoms with van der Waals surface area (Å²) in [4.78, 5) is 30.7. The number of aliphatic hydroxyl groups excluding tert-OH is 2. The highest BCUT2D eigenvalue weighted by Crippen LogP contribution is 2.23. The van der Waals surface area contributed by atoms with Gasteiger partial charge in [-0.1, -0.05) is 29.3 Å². The summed E-state index contributed by atoms with van der Waals surface area (Å²) in [6, 6.07) is 5.18. The number of amides is 2. The van der Waals surface area contributed by atoms with Crippen molar-refractivity contribution in [2.75, 3.05) is 39.3 Å². The van der Waals surface area contributed by atoms with Crippen molar-refractivity contribution >= 4 is 41.1 Å². The first-order valence-corrected chi connectivity index (χ1v) is 12.3. The molecule has 1 aromatic carbocycles. The summed E-state index contributed by atoms with van der Waals surface area (Å²) in [5.41, 5.74) is 0.773. The molecule has 7 nitrogen and oxygen atoms in total. The van der Waals surface area contributed by atoms with E-state index < -0.39 is 6.10 Å². The Bertz CT molecular complexity index is 866. The molecule has 2 amide bonds. The first-order valence-electron chi connectivity index (χ1n) is 11.5. The second-order valence-corrected chi connectivity index (χ2v) is 9.66. The minimum Gasteiger partial charge on any atom is -0.392 e. The van der Waals surface area contributed by atoms with Crippen LogP contribution in [0.5, 0.6) is 0 Å². The maximum absolute atomic E-state index is 12.6. The minimum absolute atomic E-state index is 0.00674. The molecule has 2 aliphatic rings. The number of hydrogen-bond acceptors (Lipinski definition) is 5. The van der Waals surface area contributed by atoms with Crippen LogP contribution in [0.15, 0.2) is 24.3 Å². The van der Waals surface area contributed by atoms with E-state index in [1.54, 1.807) is 34.1 Å². The highest BCUT2D eigenvalue weighted by molar-refractivity contribution is 6.42. The van der Waals surface area contributed by atoms with Crippen LogP contribution in [0, 0.1) is 0 Å². The van der Waals surface area contributed by atoms with Gasteiger partial charge in [-0.05, 0) is 56.5 Å². The molecule has 0 spiro atoms. The zero-order chi connectivity index (χ0) is 24.0. The molecule has 3 rings (SSSR count). The molecule has 2 N–H and O–H groups in total. The molecule has 0 aliphatic carbocycles. The molecule has 0 saturated carbocycles. The molecular weight excluding hydrogens is 465 g/mol. The van der Waals surface area contributed by atoms with Crippen LogP contribution in [0.1, 0.15) is 38.2 Å². The van der Waals surface area contributed by atoms with Crippen molar-refractivity contribution in [1.82, 2.24) is 14.7 Å². The van der Waals surface area contributed by atoms with E-state index >= 15 is 0 Å². The standard InChI is InChI=1S/C24H33Cl2N3O4/c1-17-22(31)3-2-10-29(17)16-19(30)8-11-27-13-14-28(12-9-24(27)33)23(32)7-5-18-4-6-20(25)21(26)15-18/h4-7,15,17,19,22,30-31H,2-3,8-14,16H2,1H3. The molecule has 2 heterocycles. The van der Waals surface area contributed by atoms with Crippen molar-refractivity contribution in [3.05, 3.63) is 39.9 Å². The van der Waals surface area contributed by atoms with Crippen LogP contribution >= 0.6 is 23.2 Å². The van der Waals surface area contributed by atoms with E-state index in [9.17, 15) is 19.8 Å². The molecule has 9 heteroatoms. The van der Waals surface area contributed by atoms with Gasteiger partial charge in [-0.3, -0.25) is 14.5 Å². The number of carbonyl (C=O) groups is 2. The van der Waals surface area contributed by atoms with Crippen molar-refractivity contribution < 1.29 is 19.8 Å². The van der Waals surface area contributed by atoms with Gasteiger partial charge in [-0.2, -0.15) is 0 Å². The molecule has 0 bridgehead atoms. The zero-order valence-electron chi connectivity index (χ0n) is 19.0. The monoisotopic (exact) mass is 497 g/mol. The van der Waals surface area contributed by atoms with Crippen LogP contribution in [0.2, 0.25) is 10.0 Å². The van der Waals surface area contributed by atoms with E-state index in [1.807, 2.05) is 6.92 Å². The van der Waals surface area contributed by atoms with Crippen LogP contribution in [0.3, 0.4) is 0 Å². The topological polar surface area (TPSA) is 84.3 Å². The Balaban J connectivity index is 1.47. The zero-order valence-corrected chi connectivity index (χ0v) is 20.5. The maximum atomic E-state index is 12.6. The summed E-state index contributed by atoms with van der Waals surface area (Å²) >= 11 is 11.9. The second kappa shape index (κ2) is 12.2. The Hall–Kier alpha value is -1.64. The Morgan fingerprint density at radius 2 is 2.00 bits per heavy atom. The molecule has 2 fully saturated rings. The number of benzene rings is 1. The van der Waals surface area contributed by atoms with Gasteiger partial charge in [0.05, 0.1) is 22.3 Å². The first-order chi connectivity index (χ1) is 15.7. The van der Waals surface area contributed by atoms with E-state index in [0.717, 1.165) is 24.9 Å². The van der Waals surface area contributed by atoms with Gasteiger partial charge in [0.1, 0.15) is 0 Å². The number of hydrogen-bond donors (Lipinski definition) is 2. The van der Waals surface area contributed by atoms with Gasteiger partial charge in [0.25, 0.3) is 0 Å². The van der Waals surface area contributed by atoms with E-state index in [4.69, 9.17) is 23.2 Å². The van der Waals surface area contributed by atoms with Gasteiger partial charge < -0.3 is 20.0 Å². The SMILES string of the molecule is CC1C(O)CCCN1CC(O)CCN1CCN(C(=O)C=Cc2ccc(Cl)c(Cl)c2)CCC1=O. The molecular formula is C24H33Cl2N3O4. The number of halogens is 2. The molecule has 0 aromatic heterocycles. The lowest BCUT2D eigenvalue weighted by Crippen LogP contribution is -2.49. The van der Waals surface area contributed by atoms with Crippen molar-refractivity contribution in [3.8, 4) is 0 Å². The van der Waals surface area contributed by atoms with Gasteiger partial charge in [0, 0.05) is 51.3 Å². The molecule has 0 radical (unpaired) electrons. The van der Waals surface area contributed by atoms with Crippen molar-refractivity contribution in [1.29, 1.82) is 0 Å². The maximum Gasteiger partial charge on any atom is 0.246 e. The normalized spacial score (nSPS) is 23.7. The number of aliphatic hydroxyl groups is 2. The van der Waals surface area contributed by atoms with E-state index in [0.29, 0.717) is 49.2 Å². The van der Waals surface area contributed by atoms with Gasteiger partial charge in [0.15, 0.2) is 0 Å². The van der Waals surface area contributed by atoms with E-state index in [2.05, 4.69) is 4.90 Å². The number of β-amino-alcohol motifs (C(OH)–C–C–N with tert-alkyl or cyclic N) is 1. The van der Waals surface area contributed by atoms with Crippen molar-refractivity contribution in [2.24, 2.45) is 0 Å². The number of carbonyl (C=O) groups excluding carboxylic acids is 2. The summed E-state index contributed by atoms with van der Waals surface area (Å²) in [5.74, 6) is -0.166. The lowest BCUT2D eigenvalue weighted by atomic mass is 9.99. The van der Waals surface area contributed by atoms with E-state index in [1.165, 1.54) is 6.08 Å². The first kappa shape index (κ1) is 26.0. The predicted octanol–water partition coefficient (Wildman–Crippen LogP) is 2.66. The summed E-state index contributed by atoms with van der Waals surface area (Å²) in [7, 11) is 0. The van der Waals surface area contributed by atoms with Gasteiger partial charge in [0.2, 0.25) is 11.8 Å². The van der Waals surface area contributed by atoms with E-state index in [-0.39, 0.29) is 30.4 Å². The predicted molar refractivity (Wildman–Crippen MR) is 130 cm³/mol. The summed E-state index contributed by atoms with van der Waals surface area (Å²) in [6.45, 7) is 5.04. The van der Waals surface area contributed by atoms with Crippen LogP contribution < -0.4 is 0 Å². The average Bonchev–Trinajstić information content (AvgIpc) is 2.97. The third-order valence-corrected chi connectivity index (χ3v) is 7.26. The molecule has 2 saturated heterocycles. The largest absolute Gasteiger partial charge is 0.392 e. The fraction of sp³-hybridized carbons (Fsp3) is 0.583. The summed E-state index contributed by atoms with van der Waals surface area (Å²) in [5, 5.41) is 21.4. The number of nitrogens with zero attached hydrogens (tertiary/aromatic N) is 3. The fourth-order valence-electron chi connectivity index (χ4n) is 4.33. The molecule has 2 aliphatic heterocycles. The Morgan fingerprint density at radius 3 is 2.76 bits per heavy atom. The lowest BCUT2D eigenvalue weighted by Gasteiger charge is -2.38. The number of piperidine rings is 1. The van der Waals surface area contributed by atoms with Crippen LogP contribution in [0.4, 0.5) is 0 Å². The Labute approximate surface area is 205 Å². The third kappa shape index (κ3) is 7.42. The smallest absolute Gasteiger partial charge is 0.246 e. The summed E-state index contributed by atoms with van der Waals surface area (Å²) < 4.78 is 0. The highest BCUT2D eigenvalue weighted by atomic mass is 35.5. The van der Waals surface area contributed by atoms with Crippen molar-refractivity contribution in [3.63, 3.8) is 0 Å². The quantitative estimate of drug-likeness (QED) is 0.565. The van der Waals surface area contributed by atoms with Crippen LogP contribution in [0.25, 0.3) is 6.08 Å². The second-order valence-electron chi connectivity index (χ2n) is 8.85. The lowest BCUT2D eigenvalue weighted by molar-refractivity contribution is -0.130. The molecule has 1 aromatic rings. The molecule has 3 unspecified atom stereocenters. The Morgan fingerprint density at radius 1 is 1.21 bits per heavy atom. The molecule has 33 heavy (non-hydrogen) atoms. The molecule has 182 valence electrons. The van der Waals surface area contributed by atoms with Gasteiger partial charge >= 0.3 is 0 Å². The van der Waals surface area contributed by atoms with Crippen LogP contribution in [-0.4, -0.2) is 94.2 Å². The average molecular weight is 498 g/mol. The van der Waals surface area contributed by atoms with Gasteiger partial charge in [-0.15, -0.1) is 0 Å². The number of rotatable bonds is 7. The number of likely N-dealkylation sites (tertiary alicyclic amines) is 1. The van der Waals surface area contributed by atoms with Crippen molar-refractivity contribution in [2.45, 2.75) is 50.9 Å². The summed E-state index contributed by atoms with van der Waals surface area (Å²) in [6.07, 6.45) is 4.70. The van der Waals surface area contributed by atoms with Gasteiger partial charge in [-0.25, -0.2) is 0 Å². The third-order valence-electron chi connectivity index (χ3n) is 6.52. The molecule has 3 atom stereocenters. The van der Waals surface area contributed by atoms with Crippen LogP contribution in [-0.2, 0) is 9.59 Å². The highest BCUT2D eigenvalue weighted by Gasteiger charge is 2.28. The fourth-order valence-corrected chi connectivity index (χ4v) is 4.64. The Kier molecular flexibility index (Phi) is 9.58.